The Hall–Kier alpha value is -1.58. The predicted octanol–water partition coefficient (Wildman–Crippen LogP) is 3.01. The summed E-state index contributed by atoms with van der Waals surface area (Å²) in [5.41, 5.74) is 7.44. The predicted molar refractivity (Wildman–Crippen MR) is 95.8 cm³/mol. The van der Waals surface area contributed by atoms with Crippen molar-refractivity contribution in [3.63, 3.8) is 0 Å². The number of fused-ring (bicyclic) bond motifs is 1. The van der Waals surface area contributed by atoms with Gasteiger partial charge in [-0.15, -0.1) is 20.7 Å². The minimum atomic E-state index is -2.07. The first-order chi connectivity index (χ1) is 11.8. The van der Waals surface area contributed by atoms with Gasteiger partial charge in [0, 0.05) is 24.1 Å². The van der Waals surface area contributed by atoms with Crippen molar-refractivity contribution >= 4 is 26.7 Å². The largest absolute Gasteiger partial charge is 0.481 e. The summed E-state index contributed by atoms with van der Waals surface area (Å²) in [4.78, 5) is 18.2. The number of benzene rings is 1. The summed E-state index contributed by atoms with van der Waals surface area (Å²) >= 11 is 4.89. The topological polar surface area (TPSA) is 92.0 Å². The molecule has 1 aromatic carbocycles. The lowest BCUT2D eigenvalue weighted by atomic mass is 10.1. The van der Waals surface area contributed by atoms with Gasteiger partial charge in [0.25, 0.3) is 0 Å². The lowest BCUT2D eigenvalue weighted by Gasteiger charge is -2.43. The fourth-order valence-corrected chi connectivity index (χ4v) is 7.25. The Morgan fingerprint density at radius 3 is 2.88 bits per heavy atom. The van der Waals surface area contributed by atoms with Gasteiger partial charge in [-0.25, -0.2) is 13.8 Å². The minimum absolute atomic E-state index is 0.0835. The van der Waals surface area contributed by atoms with Crippen LogP contribution in [0.2, 0.25) is 0 Å². The standard InChI is InChI=1S/C16H19F2N3O2S2/c17-12-2-1-9-7-10(8-11(9)15(12)18)25(24,16-20-5-6-21-16)13(19)3-4-14(22)23/h1-2,5-6,10,13,24H,3-4,7-8,19H2,(H,20,21)(H,22,23). The van der Waals surface area contributed by atoms with Gasteiger partial charge in [-0.05, 0) is 36.5 Å². The maximum atomic E-state index is 14.1. The second-order valence-electron chi connectivity index (χ2n) is 6.07. The van der Waals surface area contributed by atoms with Crippen LogP contribution < -0.4 is 5.73 Å². The molecule has 0 fully saturated rings. The zero-order valence-corrected chi connectivity index (χ0v) is 15.0. The van der Waals surface area contributed by atoms with Crippen LogP contribution in [0.1, 0.15) is 24.0 Å². The van der Waals surface area contributed by atoms with E-state index in [1.807, 2.05) is 0 Å². The molecular formula is C16H19F2N3O2S2. The Bertz CT molecular complexity index is 788. The molecule has 1 aliphatic rings. The van der Waals surface area contributed by atoms with E-state index in [2.05, 4.69) is 9.97 Å². The minimum Gasteiger partial charge on any atom is -0.481 e. The van der Waals surface area contributed by atoms with Crippen LogP contribution in [0.25, 0.3) is 0 Å². The molecule has 1 aliphatic carbocycles. The molecule has 3 unspecified atom stereocenters. The lowest BCUT2D eigenvalue weighted by molar-refractivity contribution is -0.137. The molecule has 5 nitrogen and oxygen atoms in total. The number of hydrogen-bond acceptors (Lipinski definition) is 4. The van der Waals surface area contributed by atoms with Crippen LogP contribution in [0, 0.1) is 11.6 Å². The molecule has 0 saturated carbocycles. The maximum Gasteiger partial charge on any atom is 0.303 e. The first-order valence-electron chi connectivity index (χ1n) is 7.80. The number of carbonyl (C=O) groups is 1. The van der Waals surface area contributed by atoms with Gasteiger partial charge in [0.05, 0.1) is 5.37 Å². The highest BCUT2D eigenvalue weighted by molar-refractivity contribution is 8.88. The third kappa shape index (κ3) is 3.28. The second kappa shape index (κ2) is 6.97. The van der Waals surface area contributed by atoms with Crippen LogP contribution in [0.3, 0.4) is 0 Å². The summed E-state index contributed by atoms with van der Waals surface area (Å²) in [7, 11) is -2.07. The Morgan fingerprint density at radius 1 is 1.48 bits per heavy atom. The zero-order valence-electron chi connectivity index (χ0n) is 13.3. The smallest absolute Gasteiger partial charge is 0.303 e. The normalized spacial score (nSPS) is 21.4. The molecule has 0 aliphatic heterocycles. The van der Waals surface area contributed by atoms with Crippen LogP contribution in [0.4, 0.5) is 8.78 Å². The number of aromatic amines is 1. The fourth-order valence-electron chi connectivity index (χ4n) is 3.27. The molecule has 0 saturated heterocycles. The van der Waals surface area contributed by atoms with E-state index in [9.17, 15) is 13.6 Å². The first-order valence-corrected chi connectivity index (χ1v) is 10.6. The second-order valence-corrected chi connectivity index (χ2v) is 10.9. The van der Waals surface area contributed by atoms with E-state index in [1.54, 1.807) is 18.5 Å². The van der Waals surface area contributed by atoms with Crippen molar-refractivity contribution in [1.82, 2.24) is 9.97 Å². The van der Waals surface area contributed by atoms with Gasteiger partial charge in [0.2, 0.25) is 0 Å². The fraction of sp³-hybridized carbons (Fsp3) is 0.375. The van der Waals surface area contributed by atoms with E-state index in [1.165, 1.54) is 0 Å². The SMILES string of the molecule is NC(CCC(=O)O)S(S)(c1ncc[nH]1)C1Cc2ccc(F)c(F)c2C1. The third-order valence-electron chi connectivity index (χ3n) is 4.57. The number of carboxylic acid groups (broad SMARTS) is 1. The Morgan fingerprint density at radius 2 is 2.24 bits per heavy atom. The Labute approximate surface area is 150 Å². The number of halogens is 2. The quantitative estimate of drug-likeness (QED) is 0.453. The summed E-state index contributed by atoms with van der Waals surface area (Å²) < 4.78 is 27.7. The Balaban J connectivity index is 1.94. The van der Waals surface area contributed by atoms with Gasteiger partial charge >= 0.3 is 5.97 Å². The highest BCUT2D eigenvalue weighted by Crippen LogP contribution is 2.67. The summed E-state index contributed by atoms with van der Waals surface area (Å²) in [5.74, 6) is -2.63. The van der Waals surface area contributed by atoms with E-state index in [0.29, 0.717) is 23.6 Å². The van der Waals surface area contributed by atoms with Crippen molar-refractivity contribution in [2.75, 3.05) is 0 Å². The van der Waals surface area contributed by atoms with Crippen molar-refractivity contribution in [3.05, 3.63) is 47.3 Å². The van der Waals surface area contributed by atoms with Crippen LogP contribution in [-0.4, -0.2) is 31.7 Å². The van der Waals surface area contributed by atoms with Gasteiger partial charge in [-0.1, -0.05) is 6.07 Å². The summed E-state index contributed by atoms with van der Waals surface area (Å²) in [5, 5.41) is 8.84. The van der Waals surface area contributed by atoms with E-state index >= 15 is 0 Å². The van der Waals surface area contributed by atoms with E-state index in [0.717, 1.165) is 11.6 Å². The monoisotopic (exact) mass is 387 g/mol. The number of rotatable bonds is 6. The molecule has 25 heavy (non-hydrogen) atoms. The van der Waals surface area contributed by atoms with Gasteiger partial charge in [-0.3, -0.25) is 4.79 Å². The van der Waals surface area contributed by atoms with Crippen molar-refractivity contribution in [1.29, 1.82) is 0 Å². The molecule has 1 aromatic heterocycles. The summed E-state index contributed by atoms with van der Waals surface area (Å²) in [6, 6.07) is 2.72. The summed E-state index contributed by atoms with van der Waals surface area (Å²) in [6.45, 7) is 0. The van der Waals surface area contributed by atoms with E-state index in [-0.39, 0.29) is 18.1 Å². The van der Waals surface area contributed by atoms with Crippen LogP contribution in [-0.2, 0) is 17.6 Å². The number of thiol groups is 1. The molecular weight excluding hydrogens is 368 g/mol. The van der Waals surface area contributed by atoms with Gasteiger partial charge < -0.3 is 15.8 Å². The molecule has 2 aromatic rings. The van der Waals surface area contributed by atoms with Gasteiger partial charge in [0.1, 0.15) is 0 Å². The van der Waals surface area contributed by atoms with Crippen molar-refractivity contribution in [2.24, 2.45) is 5.73 Å². The molecule has 0 spiro atoms. The van der Waals surface area contributed by atoms with Crippen LogP contribution >= 0.6 is 20.7 Å². The number of aromatic nitrogens is 2. The zero-order chi connectivity index (χ0) is 18.2. The molecule has 0 bridgehead atoms. The van der Waals surface area contributed by atoms with E-state index < -0.39 is 32.0 Å². The molecule has 1 heterocycles. The third-order valence-corrected chi connectivity index (χ3v) is 10.1. The first kappa shape index (κ1) is 18.2. The van der Waals surface area contributed by atoms with Gasteiger partial charge in [-0.2, -0.15) is 0 Å². The molecule has 3 atom stereocenters. The number of hydrogen-bond donors (Lipinski definition) is 4. The number of H-pyrrole nitrogens is 1. The summed E-state index contributed by atoms with van der Waals surface area (Å²) in [6.07, 6.45) is 4.20. The molecule has 3 rings (SSSR count). The number of carboxylic acids is 1. The maximum absolute atomic E-state index is 14.1. The van der Waals surface area contributed by atoms with Crippen LogP contribution in [0.5, 0.6) is 0 Å². The highest BCUT2D eigenvalue weighted by atomic mass is 33.1. The van der Waals surface area contributed by atoms with Crippen LogP contribution in [0.15, 0.2) is 29.7 Å². The molecule has 136 valence electrons. The van der Waals surface area contributed by atoms with Crippen molar-refractivity contribution in [3.8, 4) is 0 Å². The lowest BCUT2D eigenvalue weighted by Crippen LogP contribution is -2.33. The number of nitrogens with two attached hydrogens (primary N) is 1. The molecule has 0 amide bonds. The average molecular weight is 387 g/mol. The number of nitrogens with one attached hydrogen (secondary N) is 1. The average Bonchev–Trinajstić information content (AvgIpc) is 3.25. The molecule has 4 N–H and O–H groups in total. The number of nitrogens with zero attached hydrogens (tertiary/aromatic N) is 1. The Kier molecular flexibility index (Phi) is 5.08. The van der Waals surface area contributed by atoms with Crippen molar-refractivity contribution in [2.45, 2.75) is 41.5 Å². The number of aliphatic carboxylic acids is 1. The molecule has 0 radical (unpaired) electrons. The van der Waals surface area contributed by atoms with Gasteiger partial charge in [0.15, 0.2) is 16.8 Å². The number of imidazole rings is 1. The highest BCUT2D eigenvalue weighted by Gasteiger charge is 2.43. The van der Waals surface area contributed by atoms with Crippen molar-refractivity contribution < 1.29 is 18.7 Å². The van der Waals surface area contributed by atoms with E-state index in [4.69, 9.17) is 22.5 Å². The molecule has 9 heteroatoms.